The van der Waals surface area contributed by atoms with Crippen molar-refractivity contribution >= 4 is 19.8 Å². The molecule has 176 valence electrons. The molecule has 5 atom stereocenters. The summed E-state index contributed by atoms with van der Waals surface area (Å²) in [6.45, 7) is 3.27. The number of phosphoric ester groups is 1. The molecular formula is C17H28N2O11P+. The number of carboxylic acids is 2. The molecule has 14 heteroatoms. The van der Waals surface area contributed by atoms with Gasteiger partial charge in [0.05, 0.1) is 6.61 Å². The minimum absolute atomic E-state index is 0.0530. The van der Waals surface area contributed by atoms with E-state index in [0.717, 1.165) is 0 Å². The number of ether oxygens (including phenoxy) is 1. The summed E-state index contributed by atoms with van der Waals surface area (Å²) in [5.41, 5.74) is 5.16. The molecule has 8 N–H and O–H groups in total. The van der Waals surface area contributed by atoms with Gasteiger partial charge in [0.15, 0.2) is 18.5 Å². The lowest BCUT2D eigenvalue weighted by Gasteiger charge is -2.13. The molecule has 1 aliphatic heterocycles. The number of nitrogens with two attached hydrogens (primary N) is 1. The fourth-order valence-electron chi connectivity index (χ4n) is 2.67. The Kier molecular flexibility index (Phi) is 10.1. The predicted molar refractivity (Wildman–Crippen MR) is 103 cm³/mol. The second kappa shape index (κ2) is 11.6. The SMILES string of the molecule is CC(C)C[C@H](N)C(=O)O.O=C(O)c1ccc[n+]([C@@H]2O[C@H](COP(=O)(O)O)[C@@H](O)[C@H]2O)c1. The van der Waals surface area contributed by atoms with Crippen LogP contribution in [0.25, 0.3) is 0 Å². The summed E-state index contributed by atoms with van der Waals surface area (Å²) in [6, 6.07) is 2.07. The Hall–Kier alpha value is -1.96. The number of phosphoric acid groups is 1. The molecule has 0 radical (unpaired) electrons. The van der Waals surface area contributed by atoms with Crippen LogP contribution in [0.15, 0.2) is 24.5 Å². The van der Waals surface area contributed by atoms with Crippen LogP contribution < -0.4 is 10.3 Å². The monoisotopic (exact) mass is 467 g/mol. The number of carbonyl (C=O) groups is 2. The first kappa shape index (κ1) is 27.1. The van der Waals surface area contributed by atoms with E-state index in [9.17, 15) is 24.4 Å². The van der Waals surface area contributed by atoms with Crippen molar-refractivity contribution in [3.05, 3.63) is 30.1 Å². The fraction of sp³-hybridized carbons (Fsp3) is 0.588. The molecule has 13 nitrogen and oxygen atoms in total. The summed E-state index contributed by atoms with van der Waals surface area (Å²) in [5.74, 6) is -1.73. The highest BCUT2D eigenvalue weighted by Crippen LogP contribution is 2.37. The van der Waals surface area contributed by atoms with E-state index in [1.54, 1.807) is 0 Å². The van der Waals surface area contributed by atoms with Gasteiger partial charge in [0.2, 0.25) is 0 Å². The number of aliphatic hydroxyl groups excluding tert-OH is 2. The van der Waals surface area contributed by atoms with Gasteiger partial charge < -0.3 is 40.7 Å². The molecule has 0 amide bonds. The molecule has 0 saturated carbocycles. The van der Waals surface area contributed by atoms with E-state index in [4.69, 9.17) is 30.5 Å². The minimum atomic E-state index is -4.73. The molecule has 0 bridgehead atoms. The van der Waals surface area contributed by atoms with Gasteiger partial charge in [-0.15, -0.1) is 0 Å². The highest BCUT2D eigenvalue weighted by atomic mass is 31.2. The summed E-state index contributed by atoms with van der Waals surface area (Å²) in [5, 5.41) is 37.0. The Labute approximate surface area is 177 Å². The Balaban J connectivity index is 0.000000452. The molecular weight excluding hydrogens is 439 g/mol. The number of hydrogen-bond donors (Lipinski definition) is 7. The van der Waals surface area contributed by atoms with Crippen molar-refractivity contribution in [1.29, 1.82) is 0 Å². The number of aromatic nitrogens is 1. The zero-order valence-electron chi connectivity index (χ0n) is 16.9. The molecule has 0 spiro atoms. The molecule has 2 rings (SSSR count). The van der Waals surface area contributed by atoms with Crippen LogP contribution in [0, 0.1) is 5.92 Å². The molecule has 1 aromatic rings. The summed E-state index contributed by atoms with van der Waals surface area (Å²) in [6.07, 6.45) is -1.96. The number of rotatable bonds is 8. The van der Waals surface area contributed by atoms with E-state index in [1.807, 2.05) is 13.8 Å². The highest BCUT2D eigenvalue weighted by Gasteiger charge is 2.48. The molecule has 31 heavy (non-hydrogen) atoms. The van der Waals surface area contributed by atoms with Gasteiger partial charge in [-0.2, -0.15) is 4.57 Å². The molecule has 1 aromatic heterocycles. The maximum absolute atomic E-state index is 10.9. The number of nitrogens with zero attached hydrogens (tertiary/aromatic N) is 1. The van der Waals surface area contributed by atoms with Crippen LogP contribution in [0.1, 0.15) is 36.9 Å². The largest absolute Gasteiger partial charge is 0.480 e. The van der Waals surface area contributed by atoms with Crippen molar-refractivity contribution in [3.63, 3.8) is 0 Å². The minimum Gasteiger partial charge on any atom is -0.480 e. The third-order valence-corrected chi connectivity index (χ3v) is 4.64. The lowest BCUT2D eigenvalue weighted by Crippen LogP contribution is -2.46. The van der Waals surface area contributed by atoms with Gasteiger partial charge in [0.1, 0.15) is 23.8 Å². The van der Waals surface area contributed by atoms with Crippen molar-refractivity contribution in [2.24, 2.45) is 11.7 Å². The molecule has 1 aliphatic rings. The van der Waals surface area contributed by atoms with Gasteiger partial charge in [-0.25, -0.2) is 9.36 Å². The molecule has 1 saturated heterocycles. The average Bonchev–Trinajstić information content (AvgIpc) is 2.94. The van der Waals surface area contributed by atoms with Crippen molar-refractivity contribution in [1.82, 2.24) is 0 Å². The molecule has 1 fully saturated rings. The van der Waals surface area contributed by atoms with Crippen LogP contribution >= 0.6 is 7.82 Å². The zero-order valence-corrected chi connectivity index (χ0v) is 17.8. The normalized spacial score (nSPS) is 24.4. The summed E-state index contributed by atoms with van der Waals surface area (Å²) in [7, 11) is -4.73. The predicted octanol–water partition coefficient (Wildman–Crippen LogP) is -1.15. The van der Waals surface area contributed by atoms with Crippen LogP contribution in [-0.2, 0) is 18.6 Å². The second-order valence-electron chi connectivity index (χ2n) is 7.25. The first-order chi connectivity index (χ1) is 14.2. The third-order valence-electron chi connectivity index (χ3n) is 4.15. The standard InChI is InChI=1S/C11H14NO9P.C6H13NO2/c13-8-7(5-20-22(17,18)19)21-10(9(8)14)12-3-1-2-6(4-12)11(15)16;1-4(2)3-5(7)6(8)9/h1-4,7-10,13-14H,5H2,(H2-,15,16,17,18,19);4-5H,3,7H2,1-2H3,(H,8,9)/p+1/t7-,8-,9-,10-;5-/m10/s1. The van der Waals surface area contributed by atoms with Crippen LogP contribution in [0.5, 0.6) is 0 Å². The van der Waals surface area contributed by atoms with Crippen LogP contribution in [-0.4, -0.2) is 73.1 Å². The summed E-state index contributed by atoms with van der Waals surface area (Å²) >= 11 is 0. The topological polar surface area (TPSA) is 221 Å². The van der Waals surface area contributed by atoms with Crippen molar-refractivity contribution in [2.45, 2.75) is 50.8 Å². The maximum atomic E-state index is 10.9. The number of aromatic carboxylic acids is 1. The summed E-state index contributed by atoms with van der Waals surface area (Å²) in [4.78, 5) is 38.3. The number of carboxylic acid groups (broad SMARTS) is 2. The van der Waals surface area contributed by atoms with Gasteiger partial charge in [-0.05, 0) is 18.4 Å². The van der Waals surface area contributed by atoms with E-state index in [-0.39, 0.29) is 5.56 Å². The van der Waals surface area contributed by atoms with Crippen LogP contribution in [0.3, 0.4) is 0 Å². The molecule has 0 aromatic carbocycles. The van der Waals surface area contributed by atoms with E-state index in [1.165, 1.54) is 29.1 Å². The smallest absolute Gasteiger partial charge is 0.469 e. The first-order valence-corrected chi connectivity index (χ1v) is 10.7. The Morgan fingerprint density at radius 1 is 1.26 bits per heavy atom. The van der Waals surface area contributed by atoms with Crippen LogP contribution in [0.4, 0.5) is 0 Å². The lowest BCUT2D eigenvalue weighted by atomic mass is 10.1. The quantitative estimate of drug-likeness (QED) is 0.178. The first-order valence-electron chi connectivity index (χ1n) is 9.17. The Morgan fingerprint density at radius 3 is 2.32 bits per heavy atom. The number of aliphatic hydroxyl groups is 2. The molecule has 2 heterocycles. The van der Waals surface area contributed by atoms with E-state index < -0.39 is 56.9 Å². The van der Waals surface area contributed by atoms with Crippen LogP contribution in [0.2, 0.25) is 0 Å². The zero-order chi connectivity index (χ0) is 23.9. The van der Waals surface area contributed by atoms with Gasteiger partial charge in [0, 0.05) is 6.07 Å². The van der Waals surface area contributed by atoms with E-state index >= 15 is 0 Å². The Bertz CT molecular complexity index is 800. The number of hydrogen-bond acceptors (Lipinski definition) is 8. The second-order valence-corrected chi connectivity index (χ2v) is 8.49. The van der Waals surface area contributed by atoms with Crippen molar-refractivity contribution in [2.75, 3.05) is 6.61 Å². The lowest BCUT2D eigenvalue weighted by molar-refractivity contribution is -0.765. The van der Waals surface area contributed by atoms with Gasteiger partial charge >= 0.3 is 19.8 Å². The van der Waals surface area contributed by atoms with Crippen molar-refractivity contribution in [3.8, 4) is 0 Å². The third kappa shape index (κ3) is 8.97. The van der Waals surface area contributed by atoms with Gasteiger partial charge in [0.25, 0.3) is 6.23 Å². The summed E-state index contributed by atoms with van der Waals surface area (Å²) < 4.78 is 21.4. The number of aliphatic carboxylic acids is 1. The average molecular weight is 467 g/mol. The highest BCUT2D eigenvalue weighted by molar-refractivity contribution is 7.46. The molecule has 0 unspecified atom stereocenters. The van der Waals surface area contributed by atoms with E-state index in [0.29, 0.717) is 12.3 Å². The van der Waals surface area contributed by atoms with Gasteiger partial charge in [-0.1, -0.05) is 13.8 Å². The number of pyridine rings is 1. The molecule has 0 aliphatic carbocycles. The fourth-order valence-corrected chi connectivity index (χ4v) is 3.01. The van der Waals surface area contributed by atoms with E-state index in [2.05, 4.69) is 4.52 Å². The Morgan fingerprint density at radius 2 is 1.87 bits per heavy atom. The van der Waals surface area contributed by atoms with Crippen molar-refractivity contribution < 1.29 is 58.2 Å². The van der Waals surface area contributed by atoms with Gasteiger partial charge in [-0.3, -0.25) is 9.32 Å². The maximum Gasteiger partial charge on any atom is 0.469 e.